The zero-order valence-electron chi connectivity index (χ0n) is 24.5. The van der Waals surface area contributed by atoms with Crippen LogP contribution in [-0.2, 0) is 9.47 Å². The smallest absolute Gasteiger partial charge is 0.410 e. The van der Waals surface area contributed by atoms with Gasteiger partial charge in [0.2, 0.25) is 0 Å². The first-order valence-electron chi connectivity index (χ1n) is 14.9. The van der Waals surface area contributed by atoms with E-state index in [0.29, 0.717) is 36.0 Å². The molecule has 6 atom stereocenters. The number of amides is 1. The van der Waals surface area contributed by atoms with Crippen LogP contribution in [0.4, 0.5) is 4.79 Å². The van der Waals surface area contributed by atoms with Gasteiger partial charge >= 0.3 is 6.09 Å². The number of nitrogens with zero attached hydrogens (tertiary/aromatic N) is 2. The lowest BCUT2D eigenvalue weighted by Gasteiger charge is -2.41. The molecule has 1 saturated heterocycles. The summed E-state index contributed by atoms with van der Waals surface area (Å²) >= 11 is 0. The number of carbonyl (C=O) groups excluding carboxylic acids is 1. The van der Waals surface area contributed by atoms with Crippen LogP contribution in [0.5, 0.6) is 0 Å². The number of rotatable bonds is 11. The quantitative estimate of drug-likeness (QED) is 0.220. The molecule has 1 heterocycles. The summed E-state index contributed by atoms with van der Waals surface area (Å²) in [6.45, 7) is 21.0. The van der Waals surface area contributed by atoms with Gasteiger partial charge in [0.25, 0.3) is 0 Å². The maximum Gasteiger partial charge on any atom is 0.410 e. The van der Waals surface area contributed by atoms with Crippen LogP contribution in [0.3, 0.4) is 0 Å². The molecule has 2 rings (SSSR count). The van der Waals surface area contributed by atoms with Crippen molar-refractivity contribution in [2.45, 2.75) is 143 Å². The Labute approximate surface area is 217 Å². The van der Waals surface area contributed by atoms with E-state index in [1.807, 2.05) is 25.7 Å². The first kappa shape index (κ1) is 30.4. The van der Waals surface area contributed by atoms with Gasteiger partial charge in [0, 0.05) is 32.2 Å². The van der Waals surface area contributed by atoms with Crippen molar-refractivity contribution in [2.75, 3.05) is 26.2 Å². The molecule has 1 amide bonds. The summed E-state index contributed by atoms with van der Waals surface area (Å²) in [6.07, 6.45) is 13.6. The third kappa shape index (κ3) is 10.6. The van der Waals surface area contributed by atoms with Crippen LogP contribution < -0.4 is 0 Å². The van der Waals surface area contributed by atoms with Gasteiger partial charge in [-0.25, -0.2) is 4.79 Å². The normalized spacial score (nSPS) is 28.4. The zero-order chi connectivity index (χ0) is 26.0. The molecule has 35 heavy (non-hydrogen) atoms. The number of piperazine rings is 1. The summed E-state index contributed by atoms with van der Waals surface area (Å²) in [5, 5.41) is 0. The molecule has 2 fully saturated rings. The first-order chi connectivity index (χ1) is 16.5. The molecule has 5 nitrogen and oxygen atoms in total. The van der Waals surface area contributed by atoms with E-state index in [-0.39, 0.29) is 6.09 Å². The van der Waals surface area contributed by atoms with E-state index in [2.05, 4.69) is 39.5 Å². The van der Waals surface area contributed by atoms with Gasteiger partial charge in [-0.3, -0.25) is 4.90 Å². The number of unbranched alkanes of at least 4 members (excludes halogenated alkanes) is 5. The largest absolute Gasteiger partial charge is 0.444 e. The summed E-state index contributed by atoms with van der Waals surface area (Å²) in [6, 6.07) is 0.586. The molecular weight excluding hydrogens is 436 g/mol. The van der Waals surface area contributed by atoms with Gasteiger partial charge in [-0.1, -0.05) is 66.2 Å². The van der Waals surface area contributed by atoms with Crippen molar-refractivity contribution in [1.82, 2.24) is 9.80 Å². The molecule has 0 aromatic carbocycles. The molecular formula is C30H58N2O3. The molecule has 0 aromatic heterocycles. The molecule has 1 aliphatic carbocycles. The van der Waals surface area contributed by atoms with E-state index >= 15 is 0 Å². The van der Waals surface area contributed by atoms with Crippen LogP contribution >= 0.6 is 0 Å². The number of hydrogen-bond acceptors (Lipinski definition) is 4. The fraction of sp³-hybridized carbons (Fsp3) is 0.967. The van der Waals surface area contributed by atoms with Gasteiger partial charge in [-0.15, -0.1) is 0 Å². The second kappa shape index (κ2) is 14.8. The molecule has 1 aliphatic heterocycles. The monoisotopic (exact) mass is 494 g/mol. The van der Waals surface area contributed by atoms with Gasteiger partial charge in [0.05, 0.1) is 12.2 Å². The van der Waals surface area contributed by atoms with Crippen molar-refractivity contribution >= 4 is 6.09 Å². The van der Waals surface area contributed by atoms with Crippen LogP contribution in [0.1, 0.15) is 120 Å². The standard InChI is InChI=1S/C30H58N2O3/c1-9-10-11-12-13-14-15-23(2)26(5)34-28-17-16-27(24(3)22-25(28)4)31-18-20-32(21-19-31)29(33)35-30(6,7)8/h23-28H,9-22H2,1-8H3. The second-order valence-electron chi connectivity index (χ2n) is 12.8. The number of hydrogen-bond donors (Lipinski definition) is 0. The van der Waals surface area contributed by atoms with Crippen molar-refractivity contribution in [2.24, 2.45) is 17.8 Å². The number of ether oxygens (including phenoxy) is 2. The van der Waals surface area contributed by atoms with Gasteiger partial charge in [-0.05, 0) is 71.1 Å². The lowest BCUT2D eigenvalue weighted by atomic mass is 9.91. The Bertz CT molecular complexity index is 597. The van der Waals surface area contributed by atoms with Crippen LogP contribution in [0.2, 0.25) is 0 Å². The Kier molecular flexibility index (Phi) is 12.9. The SMILES string of the molecule is CCCCCCCCC(C)C(C)OC1CCC(N2CCN(C(=O)OC(C)(C)C)CC2)C(C)CC1C. The Morgan fingerprint density at radius 1 is 0.914 bits per heavy atom. The summed E-state index contributed by atoms with van der Waals surface area (Å²) in [5.41, 5.74) is -0.432. The van der Waals surface area contributed by atoms with Crippen LogP contribution in [-0.4, -0.2) is 65.9 Å². The topological polar surface area (TPSA) is 42.0 Å². The van der Waals surface area contributed by atoms with Crippen molar-refractivity contribution in [1.29, 1.82) is 0 Å². The average Bonchev–Trinajstić information content (AvgIpc) is 2.92. The minimum Gasteiger partial charge on any atom is -0.444 e. The molecule has 0 radical (unpaired) electrons. The van der Waals surface area contributed by atoms with E-state index in [9.17, 15) is 4.79 Å². The van der Waals surface area contributed by atoms with Gasteiger partial charge in [0.15, 0.2) is 0 Å². The summed E-state index contributed by atoms with van der Waals surface area (Å²) in [7, 11) is 0. The predicted octanol–water partition coefficient (Wildman–Crippen LogP) is 7.52. The zero-order valence-corrected chi connectivity index (χ0v) is 24.5. The maximum atomic E-state index is 12.5. The van der Waals surface area contributed by atoms with E-state index in [0.717, 1.165) is 32.6 Å². The van der Waals surface area contributed by atoms with E-state index < -0.39 is 5.60 Å². The first-order valence-corrected chi connectivity index (χ1v) is 14.9. The fourth-order valence-electron chi connectivity index (χ4n) is 6.00. The van der Waals surface area contributed by atoms with Crippen LogP contribution in [0, 0.1) is 17.8 Å². The third-order valence-corrected chi connectivity index (χ3v) is 8.42. The Hall–Kier alpha value is -0.810. The molecule has 1 saturated carbocycles. The van der Waals surface area contributed by atoms with Crippen molar-refractivity contribution in [3.63, 3.8) is 0 Å². The summed E-state index contributed by atoms with van der Waals surface area (Å²) in [4.78, 5) is 17.0. The highest BCUT2D eigenvalue weighted by atomic mass is 16.6. The van der Waals surface area contributed by atoms with Gasteiger partial charge < -0.3 is 14.4 Å². The predicted molar refractivity (Wildman–Crippen MR) is 147 cm³/mol. The Balaban J connectivity index is 1.78. The summed E-state index contributed by atoms with van der Waals surface area (Å²) in [5.74, 6) is 1.88. The Morgan fingerprint density at radius 2 is 1.54 bits per heavy atom. The molecule has 2 aliphatic rings. The summed E-state index contributed by atoms with van der Waals surface area (Å²) < 4.78 is 12.3. The molecule has 0 bridgehead atoms. The Morgan fingerprint density at radius 3 is 2.17 bits per heavy atom. The maximum absolute atomic E-state index is 12.5. The molecule has 0 spiro atoms. The van der Waals surface area contributed by atoms with Crippen molar-refractivity contribution in [3.05, 3.63) is 0 Å². The van der Waals surface area contributed by atoms with Crippen LogP contribution in [0.25, 0.3) is 0 Å². The van der Waals surface area contributed by atoms with Crippen molar-refractivity contribution < 1.29 is 14.3 Å². The van der Waals surface area contributed by atoms with Crippen LogP contribution in [0.15, 0.2) is 0 Å². The van der Waals surface area contributed by atoms with Gasteiger partial charge in [0.1, 0.15) is 5.60 Å². The highest BCUT2D eigenvalue weighted by Crippen LogP contribution is 2.34. The highest BCUT2D eigenvalue weighted by Gasteiger charge is 2.36. The third-order valence-electron chi connectivity index (χ3n) is 8.42. The minimum absolute atomic E-state index is 0.169. The molecule has 5 heteroatoms. The van der Waals surface area contributed by atoms with E-state index in [1.54, 1.807) is 0 Å². The molecule has 0 aromatic rings. The van der Waals surface area contributed by atoms with Gasteiger partial charge in [-0.2, -0.15) is 0 Å². The molecule has 6 unspecified atom stereocenters. The van der Waals surface area contributed by atoms with E-state index in [1.165, 1.54) is 57.8 Å². The average molecular weight is 495 g/mol. The second-order valence-corrected chi connectivity index (χ2v) is 12.8. The fourth-order valence-corrected chi connectivity index (χ4v) is 6.00. The molecule has 206 valence electrons. The number of carbonyl (C=O) groups is 1. The van der Waals surface area contributed by atoms with E-state index in [4.69, 9.17) is 9.47 Å². The lowest BCUT2D eigenvalue weighted by molar-refractivity contribution is -0.0586. The van der Waals surface area contributed by atoms with Crippen molar-refractivity contribution in [3.8, 4) is 0 Å². The molecule has 0 N–H and O–H groups in total. The minimum atomic E-state index is -0.432. The highest BCUT2D eigenvalue weighted by molar-refractivity contribution is 5.68. The lowest BCUT2D eigenvalue weighted by Crippen LogP contribution is -2.54.